The zero-order valence-corrected chi connectivity index (χ0v) is 16.1. The first kappa shape index (κ1) is 17.2. The molecule has 1 N–H and O–H groups in total. The Labute approximate surface area is 160 Å². The van der Waals surface area contributed by atoms with Gasteiger partial charge in [-0.1, -0.05) is 30.2 Å². The van der Waals surface area contributed by atoms with Crippen LogP contribution in [0.3, 0.4) is 0 Å². The molecule has 8 heteroatoms. The number of aromatic nitrogens is 3. The van der Waals surface area contributed by atoms with Crippen molar-refractivity contribution < 1.29 is 4.79 Å². The monoisotopic (exact) mass is 387 g/mol. The molecule has 136 valence electrons. The molecule has 1 aliphatic rings. The van der Waals surface area contributed by atoms with Gasteiger partial charge >= 0.3 is 0 Å². The molecule has 6 nitrogen and oxygen atoms in total. The van der Waals surface area contributed by atoms with Crippen molar-refractivity contribution in [1.82, 2.24) is 20.1 Å². The molecule has 0 atom stereocenters. The van der Waals surface area contributed by atoms with Crippen molar-refractivity contribution in [3.8, 4) is 5.13 Å². The number of carbonyl (C=O) groups is 1. The molecule has 1 fully saturated rings. The SMILES string of the molecule is O=C(NCc1cccs1)c1cccn1-c1nnc(N2CCCCCC2)s1. The van der Waals surface area contributed by atoms with Crippen molar-refractivity contribution >= 4 is 33.7 Å². The fourth-order valence-electron chi connectivity index (χ4n) is 3.10. The summed E-state index contributed by atoms with van der Waals surface area (Å²) in [5, 5.41) is 15.4. The average Bonchev–Trinajstić information content (AvgIpc) is 3.38. The van der Waals surface area contributed by atoms with E-state index in [0.29, 0.717) is 12.2 Å². The van der Waals surface area contributed by atoms with E-state index in [1.165, 1.54) is 25.7 Å². The van der Waals surface area contributed by atoms with Gasteiger partial charge in [0.05, 0.1) is 6.54 Å². The molecule has 1 amide bonds. The number of hydrogen-bond acceptors (Lipinski definition) is 6. The first-order chi connectivity index (χ1) is 12.8. The number of hydrogen-bond donors (Lipinski definition) is 1. The molecule has 26 heavy (non-hydrogen) atoms. The zero-order chi connectivity index (χ0) is 17.8. The zero-order valence-electron chi connectivity index (χ0n) is 14.4. The Kier molecular flexibility index (Phi) is 5.31. The molecule has 4 rings (SSSR count). The van der Waals surface area contributed by atoms with Crippen LogP contribution in [0.5, 0.6) is 0 Å². The van der Waals surface area contributed by atoms with Crippen molar-refractivity contribution in [3.05, 3.63) is 46.4 Å². The highest BCUT2D eigenvalue weighted by molar-refractivity contribution is 7.17. The molecule has 0 aromatic carbocycles. The third kappa shape index (κ3) is 3.81. The number of carbonyl (C=O) groups excluding carboxylic acids is 1. The number of anilines is 1. The molecule has 4 heterocycles. The van der Waals surface area contributed by atoms with Gasteiger partial charge in [0.2, 0.25) is 10.3 Å². The fraction of sp³-hybridized carbons (Fsp3) is 0.389. The van der Waals surface area contributed by atoms with Crippen molar-refractivity contribution in [2.75, 3.05) is 18.0 Å². The van der Waals surface area contributed by atoms with Gasteiger partial charge in [-0.05, 0) is 36.4 Å². The molecule has 0 saturated carbocycles. The van der Waals surface area contributed by atoms with E-state index in [9.17, 15) is 4.79 Å². The lowest BCUT2D eigenvalue weighted by atomic mass is 10.2. The third-order valence-electron chi connectivity index (χ3n) is 4.47. The molecule has 1 aliphatic heterocycles. The van der Waals surface area contributed by atoms with Crippen LogP contribution in [0.1, 0.15) is 41.0 Å². The summed E-state index contributed by atoms with van der Waals surface area (Å²) >= 11 is 3.18. The smallest absolute Gasteiger partial charge is 0.268 e. The molecular formula is C18H21N5OS2. The molecule has 0 aliphatic carbocycles. The first-order valence-corrected chi connectivity index (χ1v) is 10.6. The maximum absolute atomic E-state index is 12.6. The van der Waals surface area contributed by atoms with E-state index >= 15 is 0 Å². The van der Waals surface area contributed by atoms with Crippen molar-refractivity contribution in [2.45, 2.75) is 32.2 Å². The van der Waals surface area contributed by atoms with Crippen molar-refractivity contribution in [1.29, 1.82) is 0 Å². The lowest BCUT2D eigenvalue weighted by Crippen LogP contribution is -2.24. The number of nitrogens with zero attached hydrogens (tertiary/aromatic N) is 4. The minimum absolute atomic E-state index is 0.102. The number of rotatable bonds is 5. The van der Waals surface area contributed by atoms with Crippen LogP contribution in [0, 0.1) is 0 Å². The summed E-state index contributed by atoms with van der Waals surface area (Å²) < 4.78 is 1.82. The molecule has 3 aromatic heterocycles. The second kappa shape index (κ2) is 8.01. The van der Waals surface area contributed by atoms with Crippen LogP contribution in [0.4, 0.5) is 5.13 Å². The molecule has 0 unspecified atom stereocenters. The summed E-state index contributed by atoms with van der Waals surface area (Å²) in [5.74, 6) is -0.102. The molecule has 1 saturated heterocycles. The lowest BCUT2D eigenvalue weighted by Gasteiger charge is -2.17. The minimum atomic E-state index is -0.102. The predicted molar refractivity (Wildman–Crippen MR) is 105 cm³/mol. The highest BCUT2D eigenvalue weighted by Crippen LogP contribution is 2.26. The van der Waals surface area contributed by atoms with E-state index < -0.39 is 0 Å². The highest BCUT2D eigenvalue weighted by Gasteiger charge is 2.18. The van der Waals surface area contributed by atoms with E-state index in [0.717, 1.165) is 28.2 Å². The van der Waals surface area contributed by atoms with Gasteiger partial charge in [-0.3, -0.25) is 9.36 Å². The van der Waals surface area contributed by atoms with E-state index in [1.807, 2.05) is 40.4 Å². The quantitative estimate of drug-likeness (QED) is 0.725. The normalized spacial score (nSPS) is 15.0. The Morgan fingerprint density at radius 3 is 2.65 bits per heavy atom. The number of amides is 1. The maximum Gasteiger partial charge on any atom is 0.268 e. The van der Waals surface area contributed by atoms with Crippen LogP contribution >= 0.6 is 22.7 Å². The molecule has 0 bridgehead atoms. The van der Waals surface area contributed by atoms with Gasteiger partial charge in [0.25, 0.3) is 5.91 Å². The van der Waals surface area contributed by atoms with Crippen molar-refractivity contribution in [3.63, 3.8) is 0 Å². The largest absolute Gasteiger partial charge is 0.347 e. The van der Waals surface area contributed by atoms with Gasteiger partial charge in [0.15, 0.2) is 0 Å². The van der Waals surface area contributed by atoms with Crippen LogP contribution in [-0.2, 0) is 6.54 Å². The Morgan fingerprint density at radius 2 is 1.88 bits per heavy atom. The van der Waals surface area contributed by atoms with Crippen LogP contribution in [-0.4, -0.2) is 33.8 Å². The predicted octanol–water partition coefficient (Wildman–Crippen LogP) is 3.70. The topological polar surface area (TPSA) is 63.1 Å². The van der Waals surface area contributed by atoms with Gasteiger partial charge in [-0.25, -0.2) is 0 Å². The van der Waals surface area contributed by atoms with Crippen LogP contribution < -0.4 is 10.2 Å². The standard InChI is InChI=1S/C18H21N5OS2/c24-16(19-13-14-7-6-12-25-14)15-8-5-11-23(15)18-21-20-17(26-18)22-9-3-1-2-4-10-22/h5-8,11-12H,1-4,9-10,13H2,(H,19,24). The fourth-order valence-corrected chi connectivity index (χ4v) is 4.64. The van der Waals surface area contributed by atoms with Gasteiger partial charge in [0, 0.05) is 24.2 Å². The second-order valence-corrected chi connectivity index (χ2v) is 8.26. The van der Waals surface area contributed by atoms with Gasteiger partial charge < -0.3 is 10.2 Å². The number of nitrogens with one attached hydrogen (secondary N) is 1. The highest BCUT2D eigenvalue weighted by atomic mass is 32.1. The summed E-state index contributed by atoms with van der Waals surface area (Å²) in [6, 6.07) is 7.69. The Morgan fingerprint density at radius 1 is 1.08 bits per heavy atom. The van der Waals surface area contributed by atoms with Crippen LogP contribution in [0.25, 0.3) is 5.13 Å². The van der Waals surface area contributed by atoms with E-state index in [1.54, 1.807) is 22.7 Å². The molecular weight excluding hydrogens is 366 g/mol. The minimum Gasteiger partial charge on any atom is -0.347 e. The van der Waals surface area contributed by atoms with Gasteiger partial charge in [-0.15, -0.1) is 21.5 Å². The first-order valence-electron chi connectivity index (χ1n) is 8.88. The van der Waals surface area contributed by atoms with Crippen molar-refractivity contribution in [2.24, 2.45) is 0 Å². The van der Waals surface area contributed by atoms with Gasteiger partial charge in [0.1, 0.15) is 5.69 Å². The van der Waals surface area contributed by atoms with E-state index in [-0.39, 0.29) is 5.91 Å². The van der Waals surface area contributed by atoms with Gasteiger partial charge in [-0.2, -0.15) is 0 Å². The summed E-state index contributed by atoms with van der Waals surface area (Å²) in [5.41, 5.74) is 0.583. The Balaban J connectivity index is 1.48. The van der Waals surface area contributed by atoms with Crippen LogP contribution in [0.2, 0.25) is 0 Å². The van der Waals surface area contributed by atoms with E-state index in [2.05, 4.69) is 20.4 Å². The Hall–Kier alpha value is -2.19. The Bertz CT molecular complexity index is 847. The maximum atomic E-state index is 12.6. The lowest BCUT2D eigenvalue weighted by molar-refractivity contribution is 0.0944. The average molecular weight is 388 g/mol. The second-order valence-electron chi connectivity index (χ2n) is 6.29. The molecule has 0 radical (unpaired) electrons. The van der Waals surface area contributed by atoms with E-state index in [4.69, 9.17) is 0 Å². The summed E-state index contributed by atoms with van der Waals surface area (Å²) in [4.78, 5) is 16.0. The summed E-state index contributed by atoms with van der Waals surface area (Å²) in [7, 11) is 0. The molecule has 3 aromatic rings. The number of thiophene rings is 1. The summed E-state index contributed by atoms with van der Waals surface area (Å²) in [6.07, 6.45) is 6.85. The summed E-state index contributed by atoms with van der Waals surface area (Å²) in [6.45, 7) is 2.61. The third-order valence-corrected chi connectivity index (χ3v) is 6.33. The molecule has 0 spiro atoms. The van der Waals surface area contributed by atoms with Crippen LogP contribution in [0.15, 0.2) is 35.8 Å².